The Morgan fingerprint density at radius 3 is 2.58 bits per heavy atom. The summed E-state index contributed by atoms with van der Waals surface area (Å²) >= 11 is 0. The highest BCUT2D eigenvalue weighted by Gasteiger charge is 2.29. The zero-order valence-corrected chi connectivity index (χ0v) is 12.8. The molecule has 1 saturated heterocycles. The van der Waals surface area contributed by atoms with Crippen molar-refractivity contribution in [3.63, 3.8) is 0 Å². The number of esters is 1. The summed E-state index contributed by atoms with van der Waals surface area (Å²) in [5.41, 5.74) is 5.10. The Morgan fingerprint density at radius 2 is 2.05 bits per heavy atom. The van der Waals surface area contributed by atoms with Crippen LogP contribution in [0, 0.1) is 0 Å². The topological polar surface area (TPSA) is 58.8 Å². The quantitative estimate of drug-likeness (QED) is 0.720. The van der Waals surface area contributed by atoms with Crippen LogP contribution in [-0.2, 0) is 9.53 Å². The van der Waals surface area contributed by atoms with Crippen LogP contribution in [0.5, 0.6) is 0 Å². The highest BCUT2D eigenvalue weighted by Crippen LogP contribution is 2.16. The smallest absolute Gasteiger partial charge is 0.325 e. The average Bonchev–Trinajstić information content (AvgIpc) is 2.38. The van der Waals surface area contributed by atoms with Crippen LogP contribution in [0.3, 0.4) is 0 Å². The average molecular weight is 271 g/mol. The van der Waals surface area contributed by atoms with Crippen LogP contribution in [-0.4, -0.2) is 68.2 Å². The van der Waals surface area contributed by atoms with E-state index in [0.717, 1.165) is 13.0 Å². The van der Waals surface area contributed by atoms with Gasteiger partial charge in [-0.1, -0.05) is 0 Å². The van der Waals surface area contributed by atoms with Gasteiger partial charge in [0.05, 0.1) is 7.11 Å². The Balaban J connectivity index is 2.27. The van der Waals surface area contributed by atoms with Crippen molar-refractivity contribution in [1.82, 2.24) is 9.80 Å². The molecule has 0 amide bonds. The molecule has 0 aromatic carbocycles. The first-order valence-electron chi connectivity index (χ1n) is 7.13. The molecular weight excluding hydrogens is 242 g/mol. The SMILES string of the molecule is COC(=O)C(C)(N)CCCN(C)C1CCN(C)CC1. The van der Waals surface area contributed by atoms with Gasteiger partial charge in [0.15, 0.2) is 0 Å². The van der Waals surface area contributed by atoms with Crippen LogP contribution in [0.1, 0.15) is 32.6 Å². The van der Waals surface area contributed by atoms with Crippen LogP contribution in [0.2, 0.25) is 0 Å². The second-order valence-electron chi connectivity index (χ2n) is 6.03. The van der Waals surface area contributed by atoms with E-state index in [1.165, 1.54) is 33.0 Å². The summed E-state index contributed by atoms with van der Waals surface area (Å²) in [6.07, 6.45) is 4.04. The van der Waals surface area contributed by atoms with E-state index in [1.807, 2.05) is 0 Å². The first-order valence-corrected chi connectivity index (χ1v) is 7.13. The van der Waals surface area contributed by atoms with Crippen molar-refractivity contribution >= 4 is 5.97 Å². The molecule has 1 fully saturated rings. The standard InChI is InChI=1S/C14H29N3O2/c1-14(15,13(18)19-4)8-5-9-17(3)12-6-10-16(2)11-7-12/h12H,5-11,15H2,1-4H3. The molecule has 1 aliphatic rings. The molecule has 1 rings (SSSR count). The van der Waals surface area contributed by atoms with Gasteiger partial charge in [-0.3, -0.25) is 4.79 Å². The summed E-state index contributed by atoms with van der Waals surface area (Å²) in [7, 11) is 5.73. The minimum Gasteiger partial charge on any atom is -0.468 e. The number of methoxy groups -OCH3 is 1. The van der Waals surface area contributed by atoms with Gasteiger partial charge in [-0.25, -0.2) is 0 Å². The number of carbonyl (C=O) groups excluding carboxylic acids is 1. The molecule has 0 spiro atoms. The predicted molar refractivity (Wildman–Crippen MR) is 77.0 cm³/mol. The number of carbonyl (C=O) groups is 1. The first kappa shape index (κ1) is 16.4. The molecule has 5 heteroatoms. The second kappa shape index (κ2) is 7.22. The molecular formula is C14H29N3O2. The van der Waals surface area contributed by atoms with E-state index in [1.54, 1.807) is 6.92 Å². The predicted octanol–water partition coefficient (Wildman–Crippen LogP) is 0.683. The van der Waals surface area contributed by atoms with Crippen molar-refractivity contribution in [3.05, 3.63) is 0 Å². The van der Waals surface area contributed by atoms with Gasteiger partial charge in [0.2, 0.25) is 0 Å². The van der Waals surface area contributed by atoms with Gasteiger partial charge < -0.3 is 20.3 Å². The lowest BCUT2D eigenvalue weighted by Gasteiger charge is -2.35. The molecule has 0 aromatic rings. The van der Waals surface area contributed by atoms with Crippen LogP contribution >= 0.6 is 0 Å². The maximum atomic E-state index is 11.5. The zero-order chi connectivity index (χ0) is 14.5. The molecule has 112 valence electrons. The van der Waals surface area contributed by atoms with E-state index in [-0.39, 0.29) is 5.97 Å². The molecule has 0 saturated carbocycles. The number of piperidine rings is 1. The van der Waals surface area contributed by atoms with E-state index < -0.39 is 5.54 Å². The van der Waals surface area contributed by atoms with Gasteiger partial charge in [-0.05, 0) is 66.3 Å². The van der Waals surface area contributed by atoms with Gasteiger partial charge in [0.1, 0.15) is 5.54 Å². The molecule has 1 atom stereocenters. The molecule has 0 aromatic heterocycles. The van der Waals surface area contributed by atoms with E-state index in [4.69, 9.17) is 10.5 Å². The molecule has 5 nitrogen and oxygen atoms in total. The highest BCUT2D eigenvalue weighted by molar-refractivity contribution is 5.79. The van der Waals surface area contributed by atoms with Gasteiger partial charge in [0.25, 0.3) is 0 Å². The summed E-state index contributed by atoms with van der Waals surface area (Å²) in [5, 5.41) is 0. The molecule has 1 unspecified atom stereocenters. The van der Waals surface area contributed by atoms with Gasteiger partial charge in [-0.2, -0.15) is 0 Å². The molecule has 1 heterocycles. The summed E-state index contributed by atoms with van der Waals surface area (Å²) < 4.78 is 4.72. The number of rotatable bonds is 6. The van der Waals surface area contributed by atoms with Crippen molar-refractivity contribution in [2.24, 2.45) is 5.73 Å². The van der Waals surface area contributed by atoms with Crippen LogP contribution in [0.4, 0.5) is 0 Å². The fraction of sp³-hybridized carbons (Fsp3) is 0.929. The molecule has 19 heavy (non-hydrogen) atoms. The minimum absolute atomic E-state index is 0.325. The fourth-order valence-corrected chi connectivity index (χ4v) is 2.65. The van der Waals surface area contributed by atoms with Crippen molar-refractivity contribution in [2.45, 2.75) is 44.2 Å². The minimum atomic E-state index is -0.859. The third-order valence-electron chi connectivity index (χ3n) is 4.17. The monoisotopic (exact) mass is 271 g/mol. The lowest BCUT2D eigenvalue weighted by atomic mass is 9.96. The Hall–Kier alpha value is -0.650. The summed E-state index contributed by atoms with van der Waals surface area (Å²) in [6, 6.07) is 0.665. The van der Waals surface area contributed by atoms with E-state index in [0.29, 0.717) is 12.5 Å². The van der Waals surface area contributed by atoms with Crippen molar-refractivity contribution < 1.29 is 9.53 Å². The lowest BCUT2D eigenvalue weighted by Crippen LogP contribution is -2.47. The molecule has 0 radical (unpaired) electrons. The number of nitrogens with zero attached hydrogens (tertiary/aromatic N) is 2. The number of hydrogen-bond acceptors (Lipinski definition) is 5. The maximum absolute atomic E-state index is 11.5. The van der Waals surface area contributed by atoms with Crippen molar-refractivity contribution in [1.29, 1.82) is 0 Å². The van der Waals surface area contributed by atoms with Gasteiger partial charge in [-0.15, -0.1) is 0 Å². The number of nitrogens with two attached hydrogens (primary N) is 1. The molecule has 0 bridgehead atoms. The van der Waals surface area contributed by atoms with Gasteiger partial charge >= 0.3 is 5.97 Å². The normalized spacial score (nSPS) is 21.4. The van der Waals surface area contributed by atoms with Crippen LogP contribution in [0.15, 0.2) is 0 Å². The number of likely N-dealkylation sites (tertiary alicyclic amines) is 1. The third kappa shape index (κ3) is 5.09. The van der Waals surface area contributed by atoms with Crippen LogP contribution in [0.25, 0.3) is 0 Å². The Bertz CT molecular complexity index is 286. The second-order valence-corrected chi connectivity index (χ2v) is 6.03. The Morgan fingerprint density at radius 1 is 1.47 bits per heavy atom. The van der Waals surface area contributed by atoms with Crippen molar-refractivity contribution in [3.8, 4) is 0 Å². The van der Waals surface area contributed by atoms with Crippen molar-refractivity contribution in [2.75, 3.05) is 40.8 Å². The summed E-state index contributed by atoms with van der Waals surface area (Å²) in [4.78, 5) is 16.3. The van der Waals surface area contributed by atoms with E-state index >= 15 is 0 Å². The Kier molecular flexibility index (Phi) is 6.23. The highest BCUT2D eigenvalue weighted by atomic mass is 16.5. The van der Waals surface area contributed by atoms with Gasteiger partial charge in [0, 0.05) is 6.04 Å². The molecule has 1 aliphatic heterocycles. The number of ether oxygens (including phenoxy) is 1. The summed E-state index contributed by atoms with van der Waals surface area (Å²) in [6.45, 7) is 5.07. The summed E-state index contributed by atoms with van der Waals surface area (Å²) in [5.74, 6) is -0.325. The molecule has 0 aliphatic carbocycles. The first-order chi connectivity index (χ1) is 8.86. The molecule has 2 N–H and O–H groups in total. The Labute approximate surface area is 117 Å². The fourth-order valence-electron chi connectivity index (χ4n) is 2.65. The van der Waals surface area contributed by atoms with E-state index in [9.17, 15) is 4.79 Å². The largest absolute Gasteiger partial charge is 0.468 e. The zero-order valence-electron chi connectivity index (χ0n) is 12.8. The number of hydrogen-bond donors (Lipinski definition) is 1. The lowest BCUT2D eigenvalue weighted by molar-refractivity contribution is -0.146. The third-order valence-corrected chi connectivity index (χ3v) is 4.17. The maximum Gasteiger partial charge on any atom is 0.325 e. The van der Waals surface area contributed by atoms with E-state index in [2.05, 4.69) is 23.9 Å². The van der Waals surface area contributed by atoms with Crippen LogP contribution < -0.4 is 5.73 Å².